The highest BCUT2D eigenvalue weighted by molar-refractivity contribution is 5.78. The Balaban J connectivity index is 2.65. The van der Waals surface area contributed by atoms with Gasteiger partial charge in [0.1, 0.15) is 0 Å². The van der Waals surface area contributed by atoms with E-state index in [0.29, 0.717) is 19.0 Å². The number of rotatable bonds is 8. The summed E-state index contributed by atoms with van der Waals surface area (Å²) < 4.78 is 0. The van der Waals surface area contributed by atoms with Crippen molar-refractivity contribution in [3.63, 3.8) is 0 Å². The fraction of sp³-hybridized carbons (Fsp3) is 0.941. The molecule has 0 bridgehead atoms. The first-order chi connectivity index (χ1) is 9.97. The number of carbonyl (C=O) groups is 1. The molecular weight excluding hydrogens is 262 g/mol. The molecule has 0 spiro atoms. The third kappa shape index (κ3) is 5.26. The Hall–Kier alpha value is -0.610. The van der Waals surface area contributed by atoms with Crippen molar-refractivity contribution in [1.82, 2.24) is 10.2 Å². The average molecular weight is 297 g/mol. The minimum absolute atomic E-state index is 0.0255. The van der Waals surface area contributed by atoms with Gasteiger partial charge in [-0.25, -0.2) is 0 Å². The second-order valence-electron chi connectivity index (χ2n) is 6.90. The van der Waals surface area contributed by atoms with Crippen LogP contribution in [-0.4, -0.2) is 42.0 Å². The van der Waals surface area contributed by atoms with E-state index in [1.54, 1.807) is 0 Å². The smallest absolute Gasteiger partial charge is 0.234 e. The minimum atomic E-state index is 0.0255. The van der Waals surface area contributed by atoms with E-state index in [1.807, 2.05) is 0 Å². The van der Waals surface area contributed by atoms with E-state index in [9.17, 15) is 4.79 Å². The highest BCUT2D eigenvalue weighted by atomic mass is 16.2. The molecule has 3 N–H and O–H groups in total. The molecule has 1 aliphatic rings. The minimum Gasteiger partial charge on any atom is -0.353 e. The molecule has 4 heteroatoms. The molecular formula is C17H35N3O. The standard InChI is InChI=1S/C17H35N3O/c1-5-8-15(4)19-16(21)12-20(6-2)17(13-18)10-7-9-14(3)11-17/h14-15H,5-13,18H2,1-4H3,(H,19,21). The van der Waals surface area contributed by atoms with Crippen molar-refractivity contribution in [3.05, 3.63) is 0 Å². The highest BCUT2D eigenvalue weighted by Crippen LogP contribution is 2.36. The lowest BCUT2D eigenvalue weighted by molar-refractivity contribution is -0.125. The van der Waals surface area contributed by atoms with Gasteiger partial charge >= 0.3 is 0 Å². The maximum Gasteiger partial charge on any atom is 0.234 e. The predicted octanol–water partition coefficient (Wildman–Crippen LogP) is 2.52. The van der Waals surface area contributed by atoms with Gasteiger partial charge in [0.2, 0.25) is 5.91 Å². The number of nitrogens with one attached hydrogen (secondary N) is 1. The molecule has 4 nitrogen and oxygen atoms in total. The molecule has 1 saturated carbocycles. The molecule has 1 amide bonds. The molecule has 1 rings (SSSR count). The molecule has 124 valence electrons. The van der Waals surface area contributed by atoms with E-state index < -0.39 is 0 Å². The van der Waals surface area contributed by atoms with Crippen molar-refractivity contribution in [2.75, 3.05) is 19.6 Å². The van der Waals surface area contributed by atoms with E-state index in [4.69, 9.17) is 5.73 Å². The molecule has 0 heterocycles. The van der Waals surface area contributed by atoms with Crippen molar-refractivity contribution < 1.29 is 4.79 Å². The van der Waals surface area contributed by atoms with Crippen LogP contribution in [0, 0.1) is 5.92 Å². The van der Waals surface area contributed by atoms with E-state index in [2.05, 4.69) is 37.9 Å². The number of likely N-dealkylation sites (N-methyl/N-ethyl adjacent to an activating group) is 1. The molecule has 0 radical (unpaired) electrons. The molecule has 1 fully saturated rings. The van der Waals surface area contributed by atoms with Gasteiger partial charge in [-0.1, -0.05) is 40.0 Å². The molecule has 0 aromatic carbocycles. The predicted molar refractivity (Wildman–Crippen MR) is 89.2 cm³/mol. The van der Waals surface area contributed by atoms with Crippen molar-refractivity contribution in [2.24, 2.45) is 11.7 Å². The lowest BCUT2D eigenvalue weighted by Crippen LogP contribution is -2.58. The van der Waals surface area contributed by atoms with Gasteiger partial charge in [-0.3, -0.25) is 9.69 Å². The number of amides is 1. The van der Waals surface area contributed by atoms with E-state index in [0.717, 1.165) is 32.2 Å². The second kappa shape index (κ2) is 8.74. The lowest BCUT2D eigenvalue weighted by Gasteiger charge is -2.47. The third-order valence-electron chi connectivity index (χ3n) is 4.96. The van der Waals surface area contributed by atoms with E-state index in [1.165, 1.54) is 12.8 Å². The Morgan fingerprint density at radius 3 is 2.71 bits per heavy atom. The highest BCUT2D eigenvalue weighted by Gasteiger charge is 2.39. The molecule has 21 heavy (non-hydrogen) atoms. The van der Waals surface area contributed by atoms with Crippen LogP contribution < -0.4 is 11.1 Å². The van der Waals surface area contributed by atoms with Crippen LogP contribution in [0.1, 0.15) is 66.2 Å². The lowest BCUT2D eigenvalue weighted by atomic mass is 9.75. The summed E-state index contributed by atoms with van der Waals surface area (Å²) in [6.45, 7) is 10.7. The summed E-state index contributed by atoms with van der Waals surface area (Å²) in [5.74, 6) is 0.849. The van der Waals surface area contributed by atoms with Crippen molar-refractivity contribution in [1.29, 1.82) is 0 Å². The van der Waals surface area contributed by atoms with Crippen LogP contribution >= 0.6 is 0 Å². The van der Waals surface area contributed by atoms with Crippen LogP contribution in [0.5, 0.6) is 0 Å². The molecule has 0 aromatic heterocycles. The van der Waals surface area contributed by atoms with Gasteiger partial charge in [-0.05, 0) is 38.6 Å². The van der Waals surface area contributed by atoms with Gasteiger partial charge in [-0.2, -0.15) is 0 Å². The van der Waals surface area contributed by atoms with Gasteiger partial charge in [0.05, 0.1) is 6.54 Å². The zero-order valence-corrected chi connectivity index (χ0v) is 14.5. The summed E-state index contributed by atoms with van der Waals surface area (Å²) >= 11 is 0. The first kappa shape index (κ1) is 18.4. The molecule has 3 unspecified atom stereocenters. The third-order valence-corrected chi connectivity index (χ3v) is 4.96. The topological polar surface area (TPSA) is 58.4 Å². The molecule has 1 aliphatic carbocycles. The number of hydrogen-bond donors (Lipinski definition) is 2. The van der Waals surface area contributed by atoms with Crippen LogP contribution in [0.4, 0.5) is 0 Å². The maximum absolute atomic E-state index is 12.3. The monoisotopic (exact) mass is 297 g/mol. The quantitative estimate of drug-likeness (QED) is 0.724. The van der Waals surface area contributed by atoms with Crippen molar-refractivity contribution in [2.45, 2.75) is 77.8 Å². The number of nitrogens with zero attached hydrogens (tertiary/aromatic N) is 1. The first-order valence-corrected chi connectivity index (χ1v) is 8.71. The van der Waals surface area contributed by atoms with Crippen LogP contribution in [0.2, 0.25) is 0 Å². The fourth-order valence-corrected chi connectivity index (χ4v) is 3.85. The van der Waals surface area contributed by atoms with E-state index in [-0.39, 0.29) is 17.5 Å². The summed E-state index contributed by atoms with van der Waals surface area (Å²) in [5.41, 5.74) is 6.15. The molecule has 0 aromatic rings. The first-order valence-electron chi connectivity index (χ1n) is 8.71. The number of nitrogens with two attached hydrogens (primary N) is 1. The van der Waals surface area contributed by atoms with Crippen LogP contribution in [0.25, 0.3) is 0 Å². The summed E-state index contributed by atoms with van der Waals surface area (Å²) in [5, 5.41) is 3.12. The average Bonchev–Trinajstić information content (AvgIpc) is 2.44. The Morgan fingerprint density at radius 1 is 1.48 bits per heavy atom. The van der Waals surface area contributed by atoms with Crippen LogP contribution in [0.3, 0.4) is 0 Å². The number of carbonyl (C=O) groups excluding carboxylic acids is 1. The maximum atomic E-state index is 12.3. The van der Waals surface area contributed by atoms with Gasteiger partial charge in [0.25, 0.3) is 0 Å². The van der Waals surface area contributed by atoms with Crippen LogP contribution in [0.15, 0.2) is 0 Å². The zero-order chi connectivity index (χ0) is 15.9. The second-order valence-corrected chi connectivity index (χ2v) is 6.90. The normalized spacial score (nSPS) is 27.6. The van der Waals surface area contributed by atoms with E-state index >= 15 is 0 Å². The molecule has 0 aliphatic heterocycles. The Kier molecular flexibility index (Phi) is 7.67. The SMILES string of the molecule is CCCC(C)NC(=O)CN(CC)C1(CN)CCCC(C)C1. The Labute approximate surface area is 130 Å². The largest absolute Gasteiger partial charge is 0.353 e. The zero-order valence-electron chi connectivity index (χ0n) is 14.5. The van der Waals surface area contributed by atoms with Crippen molar-refractivity contribution in [3.8, 4) is 0 Å². The Morgan fingerprint density at radius 2 is 2.19 bits per heavy atom. The van der Waals surface area contributed by atoms with Gasteiger partial charge < -0.3 is 11.1 Å². The summed E-state index contributed by atoms with van der Waals surface area (Å²) in [6.07, 6.45) is 6.90. The Bertz CT molecular complexity index is 321. The van der Waals surface area contributed by atoms with Gasteiger partial charge in [0, 0.05) is 18.1 Å². The summed E-state index contributed by atoms with van der Waals surface area (Å²) in [6, 6.07) is 0.264. The van der Waals surface area contributed by atoms with Crippen molar-refractivity contribution >= 4 is 5.91 Å². The van der Waals surface area contributed by atoms with Gasteiger partial charge in [-0.15, -0.1) is 0 Å². The van der Waals surface area contributed by atoms with Crippen LogP contribution in [-0.2, 0) is 4.79 Å². The van der Waals surface area contributed by atoms with Gasteiger partial charge in [0.15, 0.2) is 0 Å². The molecule has 0 saturated heterocycles. The molecule has 3 atom stereocenters. The summed E-state index contributed by atoms with van der Waals surface area (Å²) in [7, 11) is 0. The fourth-order valence-electron chi connectivity index (χ4n) is 3.85. The number of hydrogen-bond acceptors (Lipinski definition) is 3. The summed E-state index contributed by atoms with van der Waals surface area (Å²) in [4.78, 5) is 14.6.